The van der Waals surface area contributed by atoms with E-state index in [0.29, 0.717) is 23.8 Å². The Morgan fingerprint density at radius 3 is 2.44 bits per heavy atom. The fourth-order valence-electron chi connectivity index (χ4n) is 3.48. The highest BCUT2D eigenvalue weighted by atomic mass is 16.5. The van der Waals surface area contributed by atoms with E-state index in [4.69, 9.17) is 15.2 Å². The lowest BCUT2D eigenvalue weighted by Gasteiger charge is -2.20. The van der Waals surface area contributed by atoms with Crippen molar-refractivity contribution in [2.45, 2.75) is 33.2 Å². The lowest BCUT2D eigenvalue weighted by molar-refractivity contribution is -0.116. The number of nitrogens with one attached hydrogen (secondary N) is 2. The van der Waals surface area contributed by atoms with E-state index in [1.54, 1.807) is 25.3 Å². The van der Waals surface area contributed by atoms with Crippen LogP contribution in [0.4, 0.5) is 10.5 Å². The number of rotatable bonds is 12. The second-order valence-corrected chi connectivity index (χ2v) is 7.41. The largest absolute Gasteiger partial charge is 0.493 e. The van der Waals surface area contributed by atoms with Gasteiger partial charge >= 0.3 is 6.03 Å². The number of benzene rings is 2. The van der Waals surface area contributed by atoms with Gasteiger partial charge in [0.2, 0.25) is 5.91 Å². The number of anilines is 1. The fourth-order valence-corrected chi connectivity index (χ4v) is 3.48. The van der Waals surface area contributed by atoms with Gasteiger partial charge in [0.05, 0.1) is 19.6 Å². The van der Waals surface area contributed by atoms with Crippen molar-refractivity contribution in [1.82, 2.24) is 10.2 Å². The number of carbonyl (C=O) groups excluding carboxylic acids is 2. The van der Waals surface area contributed by atoms with Crippen LogP contribution in [-0.2, 0) is 4.79 Å². The molecule has 2 aromatic carbocycles. The lowest BCUT2D eigenvalue weighted by Crippen LogP contribution is -2.35. The number of urea groups is 1. The van der Waals surface area contributed by atoms with Gasteiger partial charge in [-0.05, 0) is 43.3 Å². The number of amides is 3. The minimum atomic E-state index is -0.681. The molecule has 3 amide bonds. The Labute approximate surface area is 190 Å². The van der Waals surface area contributed by atoms with E-state index in [2.05, 4.69) is 29.4 Å². The molecule has 0 aliphatic rings. The van der Waals surface area contributed by atoms with E-state index in [0.717, 1.165) is 30.8 Å². The van der Waals surface area contributed by atoms with Gasteiger partial charge in [0.1, 0.15) is 6.61 Å². The highest BCUT2D eigenvalue weighted by molar-refractivity contribution is 5.92. The molecular formula is C24H34N4O4. The van der Waals surface area contributed by atoms with Gasteiger partial charge in [0.15, 0.2) is 11.5 Å². The number of likely N-dealkylation sites (N-methyl/N-ethyl adjacent to an activating group) is 1. The number of hydrogen-bond acceptors (Lipinski definition) is 5. The topological polar surface area (TPSA) is 106 Å². The zero-order valence-electron chi connectivity index (χ0n) is 19.3. The van der Waals surface area contributed by atoms with Crippen LogP contribution in [-0.4, -0.2) is 50.2 Å². The molecule has 0 saturated heterocycles. The van der Waals surface area contributed by atoms with Gasteiger partial charge in [-0.15, -0.1) is 0 Å². The van der Waals surface area contributed by atoms with Crippen molar-refractivity contribution in [2.24, 2.45) is 5.73 Å². The second kappa shape index (κ2) is 12.6. The van der Waals surface area contributed by atoms with Crippen molar-refractivity contribution < 1.29 is 19.1 Å². The van der Waals surface area contributed by atoms with Crippen molar-refractivity contribution in [1.29, 1.82) is 0 Å². The summed E-state index contributed by atoms with van der Waals surface area (Å²) in [5, 5.41) is 5.53. The van der Waals surface area contributed by atoms with E-state index in [9.17, 15) is 9.59 Å². The molecule has 0 bridgehead atoms. The maximum atomic E-state index is 12.8. The zero-order chi connectivity index (χ0) is 23.5. The van der Waals surface area contributed by atoms with Crippen molar-refractivity contribution >= 4 is 17.6 Å². The highest BCUT2D eigenvalue weighted by Crippen LogP contribution is 2.30. The summed E-state index contributed by atoms with van der Waals surface area (Å²) in [6, 6.07) is 11.6. The van der Waals surface area contributed by atoms with Crippen LogP contribution in [0.5, 0.6) is 11.5 Å². The predicted molar refractivity (Wildman–Crippen MR) is 126 cm³/mol. The van der Waals surface area contributed by atoms with Crippen molar-refractivity contribution in [3.63, 3.8) is 0 Å². The fraction of sp³-hybridized carbons (Fsp3) is 0.417. The first-order valence-corrected chi connectivity index (χ1v) is 10.8. The molecule has 8 heteroatoms. The minimum Gasteiger partial charge on any atom is -0.493 e. The minimum absolute atomic E-state index is 0.0397. The van der Waals surface area contributed by atoms with Gasteiger partial charge in [-0.3, -0.25) is 4.79 Å². The van der Waals surface area contributed by atoms with E-state index in [-0.39, 0.29) is 12.3 Å². The van der Waals surface area contributed by atoms with Crippen molar-refractivity contribution in [2.75, 3.05) is 38.7 Å². The normalized spacial score (nSPS) is 11.7. The average molecular weight is 443 g/mol. The van der Waals surface area contributed by atoms with Crippen molar-refractivity contribution in [3.8, 4) is 11.5 Å². The molecule has 1 unspecified atom stereocenters. The molecule has 1 atom stereocenters. The molecular weight excluding hydrogens is 408 g/mol. The van der Waals surface area contributed by atoms with Gasteiger partial charge in [-0.25, -0.2) is 4.79 Å². The summed E-state index contributed by atoms with van der Waals surface area (Å²) in [5.41, 5.74) is 7.72. The van der Waals surface area contributed by atoms with Crippen LogP contribution in [0.25, 0.3) is 0 Å². The monoisotopic (exact) mass is 442 g/mol. The third-order valence-electron chi connectivity index (χ3n) is 5.28. The lowest BCUT2D eigenvalue weighted by atomic mass is 9.98. The molecule has 4 N–H and O–H groups in total. The van der Waals surface area contributed by atoms with E-state index < -0.39 is 12.1 Å². The molecule has 0 aliphatic heterocycles. The highest BCUT2D eigenvalue weighted by Gasteiger charge is 2.19. The molecule has 2 aromatic rings. The summed E-state index contributed by atoms with van der Waals surface area (Å²) in [5.74, 6) is 0.894. The first-order chi connectivity index (χ1) is 15.4. The SMILES string of the molecule is CCN(CC)CCOc1cc(NC(=O)CC(NC(N)=O)c2ccccc2C)ccc1OC. The number of aryl methyl sites for hydroxylation is 1. The predicted octanol–water partition coefficient (Wildman–Crippen LogP) is 3.46. The van der Waals surface area contributed by atoms with E-state index in [1.807, 2.05) is 31.2 Å². The first kappa shape index (κ1) is 25.0. The summed E-state index contributed by atoms with van der Waals surface area (Å²) in [6.45, 7) is 9.35. The average Bonchev–Trinajstić information content (AvgIpc) is 2.76. The van der Waals surface area contributed by atoms with Crippen LogP contribution in [0.3, 0.4) is 0 Å². The Morgan fingerprint density at radius 1 is 1.09 bits per heavy atom. The summed E-state index contributed by atoms with van der Waals surface area (Å²) in [7, 11) is 1.58. The molecule has 174 valence electrons. The molecule has 8 nitrogen and oxygen atoms in total. The third-order valence-corrected chi connectivity index (χ3v) is 5.28. The summed E-state index contributed by atoms with van der Waals surface area (Å²) >= 11 is 0. The van der Waals surface area contributed by atoms with Crippen molar-refractivity contribution in [3.05, 3.63) is 53.6 Å². The van der Waals surface area contributed by atoms with Gasteiger partial charge in [-0.1, -0.05) is 38.1 Å². The van der Waals surface area contributed by atoms with Gasteiger partial charge in [-0.2, -0.15) is 0 Å². The molecule has 0 aliphatic carbocycles. The standard InChI is InChI=1S/C24H34N4O4/c1-5-28(6-2)13-14-32-22-15-18(11-12-21(22)31-4)26-23(29)16-20(27-24(25)30)19-10-8-7-9-17(19)3/h7-12,15,20H,5-6,13-14,16H2,1-4H3,(H,26,29)(H3,25,27,30). The molecule has 0 saturated carbocycles. The van der Waals surface area contributed by atoms with Crippen LogP contribution in [0.15, 0.2) is 42.5 Å². The molecule has 32 heavy (non-hydrogen) atoms. The number of hydrogen-bond donors (Lipinski definition) is 3. The van der Waals surface area contributed by atoms with Crippen LogP contribution in [0.1, 0.15) is 37.4 Å². The number of nitrogens with two attached hydrogens (primary N) is 1. The van der Waals surface area contributed by atoms with Gasteiger partial charge in [0, 0.05) is 18.3 Å². The van der Waals surface area contributed by atoms with Gasteiger partial charge in [0.25, 0.3) is 0 Å². The van der Waals surface area contributed by atoms with Crippen LogP contribution >= 0.6 is 0 Å². The van der Waals surface area contributed by atoms with Crippen LogP contribution < -0.4 is 25.8 Å². The quantitative estimate of drug-likeness (QED) is 0.467. The summed E-state index contributed by atoms with van der Waals surface area (Å²) in [4.78, 5) is 26.5. The smallest absolute Gasteiger partial charge is 0.312 e. The molecule has 0 heterocycles. The summed E-state index contributed by atoms with van der Waals surface area (Å²) in [6.07, 6.45) is 0.0397. The Morgan fingerprint density at radius 2 is 1.81 bits per heavy atom. The molecule has 0 aromatic heterocycles. The number of methoxy groups -OCH3 is 1. The zero-order valence-corrected chi connectivity index (χ0v) is 19.3. The first-order valence-electron chi connectivity index (χ1n) is 10.8. The number of carbonyl (C=O) groups is 2. The molecule has 0 spiro atoms. The number of ether oxygens (including phenoxy) is 2. The third kappa shape index (κ3) is 7.46. The molecule has 0 fully saturated rings. The van der Waals surface area contributed by atoms with Crippen LogP contribution in [0, 0.1) is 6.92 Å². The van der Waals surface area contributed by atoms with Crippen LogP contribution in [0.2, 0.25) is 0 Å². The Hall–Kier alpha value is -3.26. The maximum absolute atomic E-state index is 12.8. The van der Waals surface area contributed by atoms with E-state index >= 15 is 0 Å². The van der Waals surface area contributed by atoms with Gasteiger partial charge < -0.3 is 30.7 Å². The number of primary amides is 1. The Kier molecular flexibility index (Phi) is 9.81. The Bertz CT molecular complexity index is 899. The maximum Gasteiger partial charge on any atom is 0.312 e. The molecule has 2 rings (SSSR count). The second-order valence-electron chi connectivity index (χ2n) is 7.41. The molecule has 0 radical (unpaired) electrons. The van der Waals surface area contributed by atoms with E-state index in [1.165, 1.54) is 0 Å². The Balaban J connectivity index is 2.08. The summed E-state index contributed by atoms with van der Waals surface area (Å²) < 4.78 is 11.3. The number of nitrogens with zero attached hydrogens (tertiary/aromatic N) is 1.